The molecule has 0 spiro atoms. The highest BCUT2D eigenvalue weighted by atomic mass is 35.5. The third-order valence-electron chi connectivity index (χ3n) is 16.3. The van der Waals surface area contributed by atoms with Crippen LogP contribution in [0.2, 0.25) is 5.02 Å². The van der Waals surface area contributed by atoms with Crippen LogP contribution in [0.5, 0.6) is 5.75 Å². The number of nitrogens with zero attached hydrogens (tertiary/aromatic N) is 6. The number of fused-ring (bicyclic) bond motifs is 4. The lowest BCUT2D eigenvalue weighted by atomic mass is 9.90. The van der Waals surface area contributed by atoms with Gasteiger partial charge < -0.3 is 39.2 Å². The van der Waals surface area contributed by atoms with E-state index in [0.29, 0.717) is 41.0 Å². The van der Waals surface area contributed by atoms with E-state index >= 15 is 0 Å². The van der Waals surface area contributed by atoms with Crippen LogP contribution in [0.4, 0.5) is 16.2 Å². The Hall–Kier alpha value is -7.14. The van der Waals surface area contributed by atoms with Crippen LogP contribution in [-0.2, 0) is 38.1 Å². The minimum absolute atomic E-state index is 0.0249. The number of benzene rings is 3. The lowest BCUT2D eigenvalue weighted by molar-refractivity contribution is -0.155. The predicted octanol–water partition coefficient (Wildman–Crippen LogP) is 12.1. The van der Waals surface area contributed by atoms with Gasteiger partial charge in [-0.15, -0.1) is 22.0 Å². The van der Waals surface area contributed by atoms with Crippen LogP contribution in [0.15, 0.2) is 82.2 Å². The number of allylic oxidation sites excluding steroid dienone is 2. The number of hydrogen-bond acceptors (Lipinski definition) is 17. The minimum Gasteiger partial charge on any atom is -0.491 e. The zero-order valence-electron chi connectivity index (χ0n) is 52.9. The molecule has 6 amide bonds. The lowest BCUT2D eigenvalue weighted by Crippen LogP contribution is -2.54. The second kappa shape index (κ2) is 33.8. The number of hydrogen-bond donors (Lipinski definition) is 3. The van der Waals surface area contributed by atoms with Gasteiger partial charge in [0.05, 0.1) is 67.6 Å². The fourth-order valence-electron chi connectivity index (χ4n) is 11.5. The molecule has 1 saturated heterocycles. The van der Waals surface area contributed by atoms with Crippen LogP contribution in [0.1, 0.15) is 193 Å². The van der Waals surface area contributed by atoms with Crippen molar-refractivity contribution in [2.75, 3.05) is 69.9 Å². The van der Waals surface area contributed by atoms with E-state index in [1.165, 1.54) is 55.1 Å². The van der Waals surface area contributed by atoms with Crippen molar-refractivity contribution >= 4 is 82.0 Å². The van der Waals surface area contributed by atoms with Crippen molar-refractivity contribution in [1.82, 2.24) is 29.9 Å². The smallest absolute Gasteiger partial charge is 0.409 e. The van der Waals surface area contributed by atoms with Gasteiger partial charge in [-0.05, 0) is 120 Å². The molecule has 0 radical (unpaired) electrons. The highest BCUT2D eigenvalue weighted by Gasteiger charge is 2.46. The number of aryl methyl sites for hydroxylation is 1. The van der Waals surface area contributed by atoms with Crippen molar-refractivity contribution in [3.8, 4) is 5.75 Å². The van der Waals surface area contributed by atoms with E-state index < -0.39 is 47.4 Å². The summed E-state index contributed by atoms with van der Waals surface area (Å²) >= 11 is 8.07. The normalized spacial score (nSPS) is 17.9. The Kier molecular flexibility index (Phi) is 25.8. The summed E-state index contributed by atoms with van der Waals surface area (Å²) in [4.78, 5) is 99.4. The van der Waals surface area contributed by atoms with E-state index in [1.54, 1.807) is 53.1 Å². The standard InChI is InChI=1S/C67H88ClN9O12S/c1-44-45(2)90-65-58(44)60(47-24-26-48(68)27-25-47)71-53(61-74-73-46(3)76(61)65)43-56(79)70-49-28-30-50(31-29-49)87-42-41-86-40-36-75(66(84)88-37-19-17-15-13-11-9-7-8-10-12-14-16-18-23-57(80)89-67(4,5)6)35-39-85-38-34-69-52-22-20-21-51-59(52)64(83)77(63(51)82)54-32-33-55(78)72-62(54)81/h20-22,24-31,53-54,58,65,69H,7-19,23,32-43H2,1-6H3,(H,70,79)(H,72,78,81)/t53-,54?,58?,65?/m0/s1. The van der Waals surface area contributed by atoms with E-state index in [4.69, 9.17) is 40.3 Å². The number of rotatable bonds is 35. The molecule has 90 heavy (non-hydrogen) atoms. The van der Waals surface area contributed by atoms with Gasteiger partial charge in [0.2, 0.25) is 17.7 Å². The average molecular weight is 1280 g/mol. The first kappa shape index (κ1) is 68.8. The summed E-state index contributed by atoms with van der Waals surface area (Å²) in [5.74, 6) is -0.706. The van der Waals surface area contributed by atoms with Crippen LogP contribution in [0, 0.1) is 12.8 Å². The molecular formula is C67H88ClN9O12S. The van der Waals surface area contributed by atoms with Crippen molar-refractivity contribution in [3.05, 3.63) is 111 Å². The second-order valence-corrected chi connectivity index (χ2v) is 26.0. The average Bonchev–Trinajstić information content (AvgIpc) is 1.67. The summed E-state index contributed by atoms with van der Waals surface area (Å²) < 4.78 is 31.1. The molecule has 486 valence electrons. The zero-order valence-corrected chi connectivity index (χ0v) is 54.5. The number of thioether (sulfide) groups is 1. The maximum absolute atomic E-state index is 13.8. The fourth-order valence-corrected chi connectivity index (χ4v) is 13.2. The molecule has 4 atom stereocenters. The topological polar surface area (TPSA) is 251 Å². The maximum Gasteiger partial charge on any atom is 0.409 e. The lowest BCUT2D eigenvalue weighted by Gasteiger charge is -2.27. The molecule has 21 nitrogen and oxygen atoms in total. The largest absolute Gasteiger partial charge is 0.491 e. The summed E-state index contributed by atoms with van der Waals surface area (Å²) in [5.41, 5.74) is 3.96. The zero-order chi connectivity index (χ0) is 64.2. The Balaban J connectivity index is 0.752. The summed E-state index contributed by atoms with van der Waals surface area (Å²) in [5, 5.41) is 18.0. The Morgan fingerprint density at radius 2 is 1.41 bits per heavy atom. The number of aromatic nitrogens is 3. The number of nitrogens with one attached hydrogen (secondary N) is 3. The summed E-state index contributed by atoms with van der Waals surface area (Å²) in [6.45, 7) is 14.0. The fraction of sp³-hybridized carbons (Fsp3) is 0.552. The van der Waals surface area contributed by atoms with Gasteiger partial charge in [0.1, 0.15) is 35.9 Å². The quantitative estimate of drug-likeness (QED) is 0.0220. The van der Waals surface area contributed by atoms with Gasteiger partial charge in [0, 0.05) is 48.9 Å². The maximum atomic E-state index is 13.8. The number of esters is 1. The highest BCUT2D eigenvalue weighted by Crippen LogP contribution is 2.53. The monoisotopic (exact) mass is 1280 g/mol. The number of aliphatic imine (C=N–C) groups is 1. The number of piperidine rings is 1. The van der Waals surface area contributed by atoms with Gasteiger partial charge in [-0.3, -0.25) is 48.5 Å². The third kappa shape index (κ3) is 19.4. The number of halogens is 1. The van der Waals surface area contributed by atoms with Crippen molar-refractivity contribution in [2.24, 2.45) is 10.9 Å². The highest BCUT2D eigenvalue weighted by molar-refractivity contribution is 8.03. The molecule has 0 saturated carbocycles. The number of anilines is 2. The molecule has 4 aromatic rings. The van der Waals surface area contributed by atoms with Crippen molar-refractivity contribution in [1.29, 1.82) is 0 Å². The summed E-state index contributed by atoms with van der Waals surface area (Å²) in [7, 11) is 0. The molecule has 4 aliphatic rings. The van der Waals surface area contributed by atoms with E-state index in [0.717, 1.165) is 66.9 Å². The van der Waals surface area contributed by atoms with Crippen molar-refractivity contribution in [3.63, 3.8) is 0 Å². The van der Waals surface area contributed by atoms with Crippen LogP contribution >= 0.6 is 23.4 Å². The minimum atomic E-state index is -1.07. The SMILES string of the molecule is CC1=C(C)C2C(c3ccc(Cl)cc3)=N[C@@H](CC(=O)Nc3ccc(OCCOCCN(CCOCCNc4cccc5c4C(=O)N(C4CCC(=O)NC4=O)C5=O)C(=O)OCCCCCCCCCCCCCCCC(=O)OC(C)(C)C)cc3)c3nnc(C)n3C2S1. The molecule has 0 aliphatic carbocycles. The molecular weight excluding hydrogens is 1190 g/mol. The van der Waals surface area contributed by atoms with E-state index in [-0.39, 0.29) is 106 Å². The molecule has 8 rings (SSSR count). The molecule has 4 aliphatic heterocycles. The summed E-state index contributed by atoms with van der Waals surface area (Å²) in [6, 6.07) is 18.0. The van der Waals surface area contributed by atoms with Crippen LogP contribution < -0.4 is 20.7 Å². The van der Waals surface area contributed by atoms with E-state index in [9.17, 15) is 33.6 Å². The van der Waals surface area contributed by atoms with Gasteiger partial charge in [0.15, 0.2) is 5.82 Å². The molecule has 1 aromatic heterocycles. The number of unbranched alkanes of at least 4 members (excludes halogenated alkanes) is 12. The third-order valence-corrected chi connectivity index (χ3v) is 17.9. The molecule has 5 heterocycles. The van der Waals surface area contributed by atoms with Crippen LogP contribution in [0.25, 0.3) is 0 Å². The number of amides is 6. The van der Waals surface area contributed by atoms with Gasteiger partial charge in [-0.25, -0.2) is 4.79 Å². The van der Waals surface area contributed by atoms with Gasteiger partial charge in [-0.2, -0.15) is 0 Å². The Labute approximate surface area is 537 Å². The first-order valence-electron chi connectivity index (χ1n) is 31.9. The van der Waals surface area contributed by atoms with E-state index in [2.05, 4.69) is 44.6 Å². The summed E-state index contributed by atoms with van der Waals surface area (Å²) in [6.07, 6.45) is 14.4. The Morgan fingerprint density at radius 3 is 2.08 bits per heavy atom. The number of imide groups is 2. The van der Waals surface area contributed by atoms with Crippen molar-refractivity contribution in [2.45, 2.75) is 174 Å². The first-order valence-corrected chi connectivity index (χ1v) is 33.1. The molecule has 1 fully saturated rings. The van der Waals surface area contributed by atoms with E-state index in [1.807, 2.05) is 52.0 Å². The first-order chi connectivity index (χ1) is 43.4. The number of ether oxygens (including phenoxy) is 5. The molecule has 3 unspecified atom stereocenters. The number of carbonyl (C=O) groups is 7. The van der Waals surface area contributed by atoms with Crippen LogP contribution in [0.3, 0.4) is 0 Å². The number of carbonyl (C=O) groups excluding carboxylic acids is 7. The molecule has 3 N–H and O–H groups in total. The van der Waals surface area contributed by atoms with Crippen LogP contribution in [-0.4, -0.2) is 143 Å². The predicted molar refractivity (Wildman–Crippen MR) is 346 cm³/mol. The Bertz CT molecular complexity index is 3200. The second-order valence-electron chi connectivity index (χ2n) is 24.2. The molecule has 0 bridgehead atoms. The van der Waals surface area contributed by atoms with Crippen molar-refractivity contribution < 1.29 is 57.2 Å². The van der Waals surface area contributed by atoms with Gasteiger partial charge in [-0.1, -0.05) is 106 Å². The van der Waals surface area contributed by atoms with Gasteiger partial charge in [0.25, 0.3) is 11.8 Å². The van der Waals surface area contributed by atoms with Gasteiger partial charge >= 0.3 is 12.1 Å². The molecule has 3 aromatic carbocycles. The Morgan fingerprint density at radius 1 is 0.756 bits per heavy atom. The molecule has 23 heteroatoms.